The number of carbonyl (C=O) groups is 2. The number of aryl methyl sites for hydroxylation is 1. The van der Waals surface area contributed by atoms with Crippen molar-refractivity contribution >= 4 is 11.9 Å². The molecule has 0 aliphatic carbocycles. The van der Waals surface area contributed by atoms with Crippen molar-refractivity contribution in [3.63, 3.8) is 0 Å². The quantitative estimate of drug-likeness (QED) is 0.671. The molecule has 8 nitrogen and oxygen atoms in total. The zero-order chi connectivity index (χ0) is 20.1. The van der Waals surface area contributed by atoms with Crippen LogP contribution in [0, 0.1) is 6.92 Å². The number of carboxylic acids is 1. The van der Waals surface area contributed by atoms with Gasteiger partial charge < -0.3 is 19.2 Å². The third-order valence-electron chi connectivity index (χ3n) is 4.03. The van der Waals surface area contributed by atoms with Gasteiger partial charge in [0.15, 0.2) is 5.69 Å². The molecule has 0 unspecified atom stereocenters. The maximum atomic E-state index is 12.9. The Hall–Kier alpha value is -3.68. The van der Waals surface area contributed by atoms with Gasteiger partial charge in [0.25, 0.3) is 5.91 Å². The van der Waals surface area contributed by atoms with Crippen molar-refractivity contribution in [1.82, 2.24) is 14.9 Å². The number of pyridine rings is 1. The summed E-state index contributed by atoms with van der Waals surface area (Å²) in [6.45, 7) is 1.20. The second-order valence-corrected chi connectivity index (χ2v) is 6.03. The highest BCUT2D eigenvalue weighted by molar-refractivity contribution is 5.95. The Balaban J connectivity index is 1.87. The van der Waals surface area contributed by atoms with Crippen LogP contribution in [-0.2, 0) is 11.3 Å². The molecule has 0 spiro atoms. The molecule has 1 amide bonds. The molecule has 28 heavy (non-hydrogen) atoms. The first-order chi connectivity index (χ1) is 13.5. The van der Waals surface area contributed by atoms with Gasteiger partial charge in [-0.3, -0.25) is 14.6 Å². The fourth-order valence-corrected chi connectivity index (χ4v) is 2.65. The van der Waals surface area contributed by atoms with Crippen LogP contribution in [-0.4, -0.2) is 45.5 Å². The highest BCUT2D eigenvalue weighted by Crippen LogP contribution is 2.25. The average Bonchev–Trinajstić information content (AvgIpc) is 3.09. The summed E-state index contributed by atoms with van der Waals surface area (Å²) in [7, 11) is 1.57. The molecule has 2 aromatic heterocycles. The summed E-state index contributed by atoms with van der Waals surface area (Å²) in [4.78, 5) is 33.8. The van der Waals surface area contributed by atoms with Crippen molar-refractivity contribution < 1.29 is 23.8 Å². The van der Waals surface area contributed by atoms with Crippen LogP contribution in [0.2, 0.25) is 0 Å². The second kappa shape index (κ2) is 8.34. The number of amides is 1. The number of carbonyl (C=O) groups excluding carboxylic acids is 1. The summed E-state index contributed by atoms with van der Waals surface area (Å²) in [5.74, 6) is -0.384. The highest BCUT2D eigenvalue weighted by Gasteiger charge is 2.25. The number of rotatable bonds is 7. The van der Waals surface area contributed by atoms with Crippen molar-refractivity contribution in [1.29, 1.82) is 0 Å². The fraction of sp³-hybridized carbons (Fsp3) is 0.200. The van der Waals surface area contributed by atoms with Crippen LogP contribution >= 0.6 is 0 Å². The lowest BCUT2D eigenvalue weighted by Gasteiger charge is -2.19. The summed E-state index contributed by atoms with van der Waals surface area (Å²) in [5, 5.41) is 9.19. The van der Waals surface area contributed by atoms with Gasteiger partial charge in [0, 0.05) is 11.8 Å². The molecule has 0 atom stereocenters. The molecule has 2 heterocycles. The van der Waals surface area contributed by atoms with E-state index in [9.17, 15) is 14.7 Å². The number of aliphatic carboxylic acids is 1. The Bertz CT molecular complexity index is 967. The third kappa shape index (κ3) is 4.35. The molecule has 0 radical (unpaired) electrons. The normalized spacial score (nSPS) is 10.5. The molecule has 0 bridgehead atoms. The molecule has 0 saturated heterocycles. The van der Waals surface area contributed by atoms with Crippen LogP contribution in [0.3, 0.4) is 0 Å². The number of benzene rings is 1. The minimum atomic E-state index is -1.12. The number of methoxy groups -OCH3 is 1. The van der Waals surface area contributed by atoms with E-state index in [1.54, 1.807) is 62.7 Å². The molecule has 1 aromatic carbocycles. The molecule has 144 valence electrons. The lowest BCUT2D eigenvalue weighted by molar-refractivity contribution is -0.137. The number of ether oxygens (including phenoxy) is 1. The van der Waals surface area contributed by atoms with Gasteiger partial charge in [-0.25, -0.2) is 4.98 Å². The number of nitrogens with zero attached hydrogens (tertiary/aromatic N) is 3. The van der Waals surface area contributed by atoms with Gasteiger partial charge in [-0.1, -0.05) is 6.07 Å². The van der Waals surface area contributed by atoms with Gasteiger partial charge in [0.05, 0.1) is 19.3 Å². The van der Waals surface area contributed by atoms with Gasteiger partial charge in [-0.15, -0.1) is 0 Å². The zero-order valence-corrected chi connectivity index (χ0v) is 15.5. The topological polar surface area (TPSA) is 106 Å². The minimum absolute atomic E-state index is 0.0517. The maximum Gasteiger partial charge on any atom is 0.323 e. The lowest BCUT2D eigenvalue weighted by Crippen LogP contribution is -2.36. The van der Waals surface area contributed by atoms with Crippen LogP contribution < -0.4 is 4.74 Å². The van der Waals surface area contributed by atoms with E-state index in [1.807, 2.05) is 0 Å². The van der Waals surface area contributed by atoms with Gasteiger partial charge >= 0.3 is 5.97 Å². The first-order valence-corrected chi connectivity index (χ1v) is 8.50. The standard InChI is InChI=1S/C20H19N3O5/c1-13-18(22-19(28-13)14-6-8-16(27-2)9-7-14)20(26)23(12-17(24)25)11-15-5-3-4-10-21-15/h3-10H,11-12H2,1-2H3,(H,24,25). The van der Waals surface area contributed by atoms with Gasteiger partial charge in [0.2, 0.25) is 5.89 Å². The number of hydrogen-bond acceptors (Lipinski definition) is 6. The van der Waals surface area contributed by atoms with Crippen molar-refractivity contribution in [3.05, 3.63) is 65.8 Å². The predicted molar refractivity (Wildman–Crippen MR) is 99.8 cm³/mol. The Morgan fingerprint density at radius 3 is 2.54 bits per heavy atom. The molecule has 3 aromatic rings. The monoisotopic (exact) mass is 381 g/mol. The summed E-state index contributed by atoms with van der Waals surface area (Å²) >= 11 is 0. The number of carboxylic acid groups (broad SMARTS) is 1. The summed E-state index contributed by atoms with van der Waals surface area (Å²) < 4.78 is 10.8. The molecule has 8 heteroatoms. The maximum absolute atomic E-state index is 12.9. The third-order valence-corrected chi connectivity index (χ3v) is 4.03. The molecule has 1 N–H and O–H groups in total. The van der Waals surface area contributed by atoms with Crippen LogP contribution in [0.4, 0.5) is 0 Å². The van der Waals surface area contributed by atoms with Crippen molar-refractivity contribution in [2.45, 2.75) is 13.5 Å². The Labute approximate surface area is 161 Å². The first kappa shape index (κ1) is 19.1. The van der Waals surface area contributed by atoms with E-state index in [-0.39, 0.29) is 18.1 Å². The minimum Gasteiger partial charge on any atom is -0.497 e. The second-order valence-electron chi connectivity index (χ2n) is 6.03. The molecule has 3 rings (SSSR count). The molecule has 0 aliphatic rings. The molecular formula is C20H19N3O5. The summed E-state index contributed by atoms with van der Waals surface area (Å²) in [6.07, 6.45) is 1.59. The fourth-order valence-electron chi connectivity index (χ4n) is 2.65. The van der Waals surface area contributed by atoms with E-state index >= 15 is 0 Å². The SMILES string of the molecule is COc1ccc(-c2nc(C(=O)N(CC(=O)O)Cc3ccccn3)c(C)o2)cc1. The van der Waals surface area contributed by atoms with E-state index in [2.05, 4.69) is 9.97 Å². The Morgan fingerprint density at radius 2 is 1.93 bits per heavy atom. The van der Waals surface area contributed by atoms with Crippen molar-refractivity contribution in [3.8, 4) is 17.2 Å². The van der Waals surface area contributed by atoms with Crippen molar-refractivity contribution in [2.24, 2.45) is 0 Å². The Morgan fingerprint density at radius 1 is 1.18 bits per heavy atom. The van der Waals surface area contributed by atoms with Crippen LogP contribution in [0.1, 0.15) is 21.9 Å². The molecule has 0 fully saturated rings. The van der Waals surface area contributed by atoms with E-state index in [1.165, 1.54) is 4.90 Å². The Kier molecular flexibility index (Phi) is 5.69. The number of oxazole rings is 1. The molecular weight excluding hydrogens is 362 g/mol. The van der Waals surface area contributed by atoms with E-state index in [0.29, 0.717) is 22.8 Å². The van der Waals surface area contributed by atoms with Gasteiger partial charge in [-0.05, 0) is 43.3 Å². The van der Waals surface area contributed by atoms with Crippen LogP contribution in [0.5, 0.6) is 5.75 Å². The average molecular weight is 381 g/mol. The van der Waals surface area contributed by atoms with Crippen LogP contribution in [0.15, 0.2) is 53.1 Å². The smallest absolute Gasteiger partial charge is 0.323 e. The number of hydrogen-bond donors (Lipinski definition) is 1. The lowest BCUT2D eigenvalue weighted by atomic mass is 10.2. The first-order valence-electron chi connectivity index (χ1n) is 8.50. The molecule has 0 saturated carbocycles. The summed E-state index contributed by atoms with van der Waals surface area (Å²) in [6, 6.07) is 12.3. The van der Waals surface area contributed by atoms with Gasteiger partial charge in [-0.2, -0.15) is 0 Å². The number of aromatic nitrogens is 2. The largest absolute Gasteiger partial charge is 0.497 e. The summed E-state index contributed by atoms with van der Waals surface area (Å²) in [5.41, 5.74) is 1.33. The molecule has 0 aliphatic heterocycles. The van der Waals surface area contributed by atoms with Crippen molar-refractivity contribution in [2.75, 3.05) is 13.7 Å². The van der Waals surface area contributed by atoms with E-state index in [4.69, 9.17) is 9.15 Å². The van der Waals surface area contributed by atoms with Crippen LogP contribution in [0.25, 0.3) is 11.5 Å². The van der Waals surface area contributed by atoms with E-state index < -0.39 is 18.4 Å². The zero-order valence-electron chi connectivity index (χ0n) is 15.5. The van der Waals surface area contributed by atoms with Gasteiger partial charge in [0.1, 0.15) is 18.1 Å². The van der Waals surface area contributed by atoms with E-state index in [0.717, 1.165) is 0 Å². The highest BCUT2D eigenvalue weighted by atomic mass is 16.5. The predicted octanol–water partition coefficient (Wildman–Crippen LogP) is 2.78.